The summed E-state index contributed by atoms with van der Waals surface area (Å²) in [6, 6.07) is 11.6. The van der Waals surface area contributed by atoms with Crippen LogP contribution in [0.2, 0.25) is 0 Å². The molecule has 1 fully saturated rings. The maximum atomic E-state index is 13.1. The van der Waals surface area contributed by atoms with Crippen LogP contribution in [0.15, 0.2) is 48.5 Å². The van der Waals surface area contributed by atoms with Crippen molar-refractivity contribution in [3.8, 4) is 0 Å². The van der Waals surface area contributed by atoms with Crippen molar-refractivity contribution >= 4 is 38.9 Å². The summed E-state index contributed by atoms with van der Waals surface area (Å²) in [7, 11) is -3.92. The normalized spacial score (nSPS) is 14.3. The Hall–Kier alpha value is -3.47. The molecular formula is C22H26N4O6S. The van der Waals surface area contributed by atoms with E-state index in [2.05, 4.69) is 5.32 Å². The summed E-state index contributed by atoms with van der Waals surface area (Å²) in [6.45, 7) is 0.692. The van der Waals surface area contributed by atoms with E-state index >= 15 is 0 Å². The number of nitrogens with one attached hydrogen (secondary N) is 1. The first kappa shape index (κ1) is 24.2. The largest absolute Gasteiger partial charge is 0.339 e. The zero-order valence-corrected chi connectivity index (χ0v) is 19.1. The number of sulfonamides is 1. The van der Waals surface area contributed by atoms with E-state index in [4.69, 9.17) is 0 Å². The molecule has 33 heavy (non-hydrogen) atoms. The highest BCUT2D eigenvalue weighted by molar-refractivity contribution is 7.92. The van der Waals surface area contributed by atoms with E-state index in [0.717, 1.165) is 42.3 Å². The van der Waals surface area contributed by atoms with E-state index in [0.29, 0.717) is 18.7 Å². The molecule has 1 N–H and O–H groups in total. The lowest BCUT2D eigenvalue weighted by atomic mass is 10.1. The van der Waals surface area contributed by atoms with Gasteiger partial charge in [0.1, 0.15) is 6.54 Å². The Morgan fingerprint density at radius 1 is 1.06 bits per heavy atom. The monoisotopic (exact) mass is 474 g/mol. The SMILES string of the molecule is CS(=O)(=O)N(CC(=O)Nc1ccccc1C(=O)N1CCCCCC1)c1cccc([N+](=O)[O-])c1. The molecule has 0 unspecified atom stereocenters. The van der Waals surface area contributed by atoms with Crippen LogP contribution in [0.5, 0.6) is 0 Å². The third-order valence-corrected chi connectivity index (χ3v) is 6.48. The Kier molecular flexibility index (Phi) is 7.64. The first-order chi connectivity index (χ1) is 15.7. The van der Waals surface area contributed by atoms with Crippen LogP contribution in [0.25, 0.3) is 0 Å². The molecule has 0 atom stereocenters. The maximum Gasteiger partial charge on any atom is 0.271 e. The number of carbonyl (C=O) groups excluding carboxylic acids is 2. The second kappa shape index (κ2) is 10.4. The highest BCUT2D eigenvalue weighted by atomic mass is 32.2. The first-order valence-corrected chi connectivity index (χ1v) is 12.4. The summed E-state index contributed by atoms with van der Waals surface area (Å²) in [5.74, 6) is -0.866. The molecular weight excluding hydrogens is 448 g/mol. The molecule has 176 valence electrons. The number of nitrogens with zero attached hydrogens (tertiary/aromatic N) is 3. The number of anilines is 2. The third kappa shape index (κ3) is 6.28. The molecule has 2 amide bonds. The van der Waals surface area contributed by atoms with Gasteiger partial charge in [-0.1, -0.05) is 31.0 Å². The summed E-state index contributed by atoms with van der Waals surface area (Å²) < 4.78 is 25.4. The van der Waals surface area contributed by atoms with E-state index in [-0.39, 0.29) is 23.0 Å². The number of benzene rings is 2. The molecule has 0 saturated carbocycles. The highest BCUT2D eigenvalue weighted by Crippen LogP contribution is 2.24. The Morgan fingerprint density at radius 3 is 2.36 bits per heavy atom. The maximum absolute atomic E-state index is 13.1. The fourth-order valence-corrected chi connectivity index (χ4v) is 4.55. The summed E-state index contributed by atoms with van der Waals surface area (Å²) in [5, 5.41) is 13.7. The Labute approximate surface area is 192 Å². The smallest absolute Gasteiger partial charge is 0.271 e. The van der Waals surface area contributed by atoms with Crippen molar-refractivity contribution in [2.24, 2.45) is 0 Å². The van der Waals surface area contributed by atoms with Crippen LogP contribution in [-0.4, -0.2) is 55.9 Å². The molecule has 10 nitrogen and oxygen atoms in total. The average molecular weight is 475 g/mol. The van der Waals surface area contributed by atoms with Crippen LogP contribution in [0.4, 0.5) is 17.1 Å². The lowest BCUT2D eigenvalue weighted by molar-refractivity contribution is -0.384. The van der Waals surface area contributed by atoms with Gasteiger partial charge < -0.3 is 10.2 Å². The highest BCUT2D eigenvalue weighted by Gasteiger charge is 2.25. The number of non-ortho nitro benzene ring substituents is 1. The molecule has 0 spiro atoms. The molecule has 1 saturated heterocycles. The lowest BCUT2D eigenvalue weighted by Gasteiger charge is -2.23. The molecule has 1 aliphatic heterocycles. The zero-order valence-electron chi connectivity index (χ0n) is 18.3. The number of likely N-dealkylation sites (tertiary alicyclic amines) is 1. The molecule has 0 bridgehead atoms. The number of carbonyl (C=O) groups is 2. The summed E-state index contributed by atoms with van der Waals surface area (Å²) >= 11 is 0. The second-order valence-electron chi connectivity index (χ2n) is 7.85. The van der Waals surface area contributed by atoms with Gasteiger partial charge in [-0.3, -0.25) is 24.0 Å². The van der Waals surface area contributed by atoms with Gasteiger partial charge in [0.15, 0.2) is 0 Å². The van der Waals surface area contributed by atoms with Gasteiger partial charge in [-0.2, -0.15) is 0 Å². The fourth-order valence-electron chi connectivity index (χ4n) is 3.70. The average Bonchev–Trinajstić information content (AvgIpc) is 3.06. The van der Waals surface area contributed by atoms with Gasteiger partial charge in [-0.25, -0.2) is 8.42 Å². The number of rotatable bonds is 7. The molecule has 0 radical (unpaired) electrons. The van der Waals surface area contributed by atoms with Crippen molar-refractivity contribution in [3.05, 3.63) is 64.2 Å². The quantitative estimate of drug-likeness (QED) is 0.485. The summed E-state index contributed by atoms with van der Waals surface area (Å²) in [6.07, 6.45) is 4.90. The van der Waals surface area contributed by atoms with E-state index < -0.39 is 27.4 Å². The van der Waals surface area contributed by atoms with Crippen molar-refractivity contribution in [3.63, 3.8) is 0 Å². The standard InChI is InChI=1S/C22H26N4O6S/c1-33(31,32)25(17-9-8-10-18(15-17)26(29)30)16-21(27)23-20-12-5-4-11-19(20)22(28)24-13-6-2-3-7-14-24/h4-5,8-12,15H,2-3,6-7,13-14,16H2,1H3,(H,23,27). The summed E-state index contributed by atoms with van der Waals surface area (Å²) in [4.78, 5) is 38.0. The van der Waals surface area contributed by atoms with Gasteiger partial charge in [0.05, 0.1) is 28.1 Å². The van der Waals surface area contributed by atoms with Crippen molar-refractivity contribution < 1.29 is 22.9 Å². The molecule has 11 heteroatoms. The van der Waals surface area contributed by atoms with Crippen LogP contribution < -0.4 is 9.62 Å². The molecule has 1 aliphatic rings. The van der Waals surface area contributed by atoms with Gasteiger partial charge >= 0.3 is 0 Å². The predicted octanol–water partition coefficient (Wildman–Crippen LogP) is 3.02. The zero-order chi connectivity index (χ0) is 24.0. The molecule has 0 aromatic heterocycles. The van der Waals surface area contributed by atoms with Crippen LogP contribution >= 0.6 is 0 Å². The van der Waals surface area contributed by atoms with Gasteiger partial charge in [-0.15, -0.1) is 0 Å². The van der Waals surface area contributed by atoms with E-state index in [1.165, 1.54) is 18.2 Å². The predicted molar refractivity (Wildman–Crippen MR) is 125 cm³/mol. The Bertz CT molecular complexity index is 1140. The third-order valence-electron chi connectivity index (χ3n) is 5.34. The number of nitro benzene ring substituents is 1. The number of hydrogen-bond donors (Lipinski definition) is 1. The van der Waals surface area contributed by atoms with Gasteiger partial charge in [0.25, 0.3) is 11.6 Å². The van der Waals surface area contributed by atoms with E-state index in [9.17, 15) is 28.1 Å². The van der Waals surface area contributed by atoms with Crippen LogP contribution in [0.1, 0.15) is 36.0 Å². The molecule has 0 aliphatic carbocycles. The molecule has 2 aromatic carbocycles. The van der Waals surface area contributed by atoms with Crippen LogP contribution in [0.3, 0.4) is 0 Å². The molecule has 2 aromatic rings. The topological polar surface area (TPSA) is 130 Å². The number of nitro groups is 1. The minimum Gasteiger partial charge on any atom is -0.339 e. The van der Waals surface area contributed by atoms with E-state index in [1.807, 2.05) is 0 Å². The second-order valence-corrected chi connectivity index (χ2v) is 9.75. The lowest BCUT2D eigenvalue weighted by Crippen LogP contribution is -2.38. The van der Waals surface area contributed by atoms with Crippen molar-refractivity contribution in [1.29, 1.82) is 0 Å². The number of hydrogen-bond acceptors (Lipinski definition) is 6. The summed E-state index contributed by atoms with van der Waals surface area (Å²) in [5.41, 5.74) is 0.309. The number of amides is 2. The first-order valence-electron chi connectivity index (χ1n) is 10.6. The fraction of sp³-hybridized carbons (Fsp3) is 0.364. The number of para-hydroxylation sites is 1. The van der Waals surface area contributed by atoms with Crippen molar-refractivity contribution in [1.82, 2.24) is 4.90 Å². The van der Waals surface area contributed by atoms with Crippen molar-refractivity contribution in [2.75, 3.05) is 35.5 Å². The minimum atomic E-state index is -3.92. The Balaban J connectivity index is 1.81. The molecule has 1 heterocycles. The van der Waals surface area contributed by atoms with Gasteiger partial charge in [0, 0.05) is 25.2 Å². The molecule has 3 rings (SSSR count). The van der Waals surface area contributed by atoms with Crippen LogP contribution in [-0.2, 0) is 14.8 Å². The Morgan fingerprint density at radius 2 is 1.73 bits per heavy atom. The van der Waals surface area contributed by atoms with E-state index in [1.54, 1.807) is 29.2 Å². The van der Waals surface area contributed by atoms with Gasteiger partial charge in [0.2, 0.25) is 15.9 Å². The van der Waals surface area contributed by atoms with Crippen LogP contribution in [0, 0.1) is 10.1 Å². The van der Waals surface area contributed by atoms with Gasteiger partial charge in [-0.05, 0) is 31.0 Å². The minimum absolute atomic E-state index is 0.00391. The van der Waals surface area contributed by atoms with Crippen molar-refractivity contribution in [2.45, 2.75) is 25.7 Å².